The molecule has 0 bridgehead atoms. The van der Waals surface area contributed by atoms with Crippen LogP contribution in [-0.2, 0) is 4.79 Å². The second-order valence-corrected chi connectivity index (χ2v) is 1.49. The van der Waals surface area contributed by atoms with E-state index in [-0.39, 0.29) is 0 Å². The van der Waals surface area contributed by atoms with Crippen LogP contribution in [0.15, 0.2) is 22.8 Å². The zero-order chi connectivity index (χ0) is 5.82. The van der Waals surface area contributed by atoms with E-state index in [4.69, 9.17) is 0 Å². The third-order valence-electron chi connectivity index (χ3n) is 0.891. The molecule has 0 saturated carbocycles. The molecule has 2 nitrogen and oxygen atoms in total. The molecule has 0 unspecified atom stereocenters. The lowest BCUT2D eigenvalue weighted by atomic mass is 10.2. The second-order valence-electron chi connectivity index (χ2n) is 1.49. The summed E-state index contributed by atoms with van der Waals surface area (Å²) in [6.07, 6.45) is 5.68. The van der Waals surface area contributed by atoms with Crippen LogP contribution >= 0.6 is 0 Å². The molecular weight excluding hydrogens is 102 g/mol. The van der Waals surface area contributed by atoms with E-state index >= 15 is 0 Å². The Labute approximate surface area is 47.2 Å². The Hall–Kier alpha value is -1.14. The van der Waals surface area contributed by atoms with Crippen molar-refractivity contribution >= 4 is 12.2 Å². The van der Waals surface area contributed by atoms with E-state index in [9.17, 15) is 4.79 Å². The summed E-state index contributed by atoms with van der Waals surface area (Å²) in [5, 5.41) is 0. The molecule has 0 N–H and O–H groups in total. The molecule has 1 rings (SSSR count). The van der Waals surface area contributed by atoms with Crippen LogP contribution < -0.4 is 0 Å². The summed E-state index contributed by atoms with van der Waals surface area (Å²) in [6.45, 7) is 0. The third kappa shape index (κ3) is 0.922. The van der Waals surface area contributed by atoms with Gasteiger partial charge in [0.2, 0.25) is 0 Å². The first kappa shape index (κ1) is 5.01. The Kier molecular flexibility index (Phi) is 1.40. The lowest BCUT2D eigenvalue weighted by Gasteiger charge is -1.91. The normalized spacial score (nSPS) is 16.2. The molecule has 0 aromatic heterocycles. The first-order valence-corrected chi connectivity index (χ1v) is 2.35. The van der Waals surface area contributed by atoms with Gasteiger partial charge in [0.1, 0.15) is 5.94 Å². The molecular formula is C6H5NO. The molecule has 1 aliphatic rings. The molecule has 8 heavy (non-hydrogen) atoms. The maximum absolute atomic E-state index is 9.87. The number of allylic oxidation sites excluding steroid dienone is 2. The highest BCUT2D eigenvalue weighted by atomic mass is 16.1. The van der Waals surface area contributed by atoms with Crippen LogP contribution in [0, 0.1) is 0 Å². The number of carbonyl (C=O) groups excluding carboxylic acids is 1. The second kappa shape index (κ2) is 2.24. The number of hydrogen-bond donors (Lipinski definition) is 0. The van der Waals surface area contributed by atoms with Gasteiger partial charge in [0.05, 0.1) is 5.57 Å². The number of nitrogens with zero attached hydrogens (tertiary/aromatic N) is 1. The quantitative estimate of drug-likeness (QED) is 0.419. The lowest BCUT2D eigenvalue weighted by molar-refractivity contribution is 0.567. The number of hydrogen-bond acceptors (Lipinski definition) is 2. The summed E-state index contributed by atoms with van der Waals surface area (Å²) in [5.41, 5.74) is 0.618. The molecule has 0 aromatic carbocycles. The fraction of sp³-hybridized carbons (Fsp3) is 0.167. The van der Waals surface area contributed by atoms with Crippen LogP contribution in [0.25, 0.3) is 0 Å². The average molecular weight is 107 g/mol. The van der Waals surface area contributed by atoms with E-state index in [1.165, 1.54) is 6.21 Å². The Morgan fingerprint density at radius 2 is 2.62 bits per heavy atom. The Morgan fingerprint density at radius 1 is 1.75 bits per heavy atom. The van der Waals surface area contributed by atoms with E-state index in [0.29, 0.717) is 12.0 Å². The van der Waals surface area contributed by atoms with Gasteiger partial charge < -0.3 is 0 Å². The predicted octanol–water partition coefficient (Wildman–Crippen LogP) is 0.733. The van der Waals surface area contributed by atoms with Crippen LogP contribution in [0.3, 0.4) is 0 Å². The maximum atomic E-state index is 9.87. The summed E-state index contributed by atoms with van der Waals surface area (Å²) < 4.78 is 0. The minimum Gasteiger partial charge on any atom is -0.264 e. The van der Waals surface area contributed by atoms with Crippen molar-refractivity contribution in [3.05, 3.63) is 17.8 Å². The molecule has 0 atom stereocenters. The van der Waals surface area contributed by atoms with Crippen LogP contribution in [0.2, 0.25) is 0 Å². The van der Waals surface area contributed by atoms with Gasteiger partial charge in [-0.25, -0.2) is 4.79 Å². The highest BCUT2D eigenvalue weighted by Gasteiger charge is 1.91. The summed E-state index contributed by atoms with van der Waals surface area (Å²) in [7, 11) is 0. The summed E-state index contributed by atoms with van der Waals surface area (Å²) in [5.74, 6) is 1.77. The van der Waals surface area contributed by atoms with E-state index < -0.39 is 0 Å². The predicted molar refractivity (Wildman–Crippen MR) is 31.5 cm³/mol. The average Bonchev–Trinajstić information content (AvgIpc) is 1.90. The molecule has 0 amide bonds. The van der Waals surface area contributed by atoms with Gasteiger partial charge in [0.25, 0.3) is 0 Å². The van der Waals surface area contributed by atoms with Crippen molar-refractivity contribution in [2.24, 2.45) is 4.99 Å². The maximum Gasteiger partial charge on any atom is 0.129 e. The molecule has 0 aromatic rings. The van der Waals surface area contributed by atoms with Crippen LogP contribution in [-0.4, -0.2) is 12.2 Å². The topological polar surface area (TPSA) is 29.4 Å². The van der Waals surface area contributed by atoms with Crippen molar-refractivity contribution < 1.29 is 4.79 Å². The zero-order valence-electron chi connectivity index (χ0n) is 4.29. The van der Waals surface area contributed by atoms with Gasteiger partial charge in [0, 0.05) is 18.8 Å². The van der Waals surface area contributed by atoms with Crippen LogP contribution in [0.1, 0.15) is 6.42 Å². The highest BCUT2D eigenvalue weighted by molar-refractivity contribution is 5.90. The van der Waals surface area contributed by atoms with Gasteiger partial charge in [-0.3, -0.25) is 4.99 Å². The van der Waals surface area contributed by atoms with Crippen LogP contribution in [0.5, 0.6) is 0 Å². The molecule has 0 radical (unpaired) electrons. The van der Waals surface area contributed by atoms with Gasteiger partial charge in [-0.2, -0.15) is 0 Å². The fourth-order valence-electron chi connectivity index (χ4n) is 0.494. The first-order chi connectivity index (χ1) is 3.93. The van der Waals surface area contributed by atoms with Gasteiger partial charge >= 0.3 is 0 Å². The molecule has 0 fully saturated rings. The van der Waals surface area contributed by atoms with Crippen LogP contribution in [0.4, 0.5) is 0 Å². The lowest BCUT2D eigenvalue weighted by Crippen LogP contribution is -1.86. The largest absolute Gasteiger partial charge is 0.264 e. The molecule has 0 spiro atoms. The van der Waals surface area contributed by atoms with E-state index in [1.807, 2.05) is 6.08 Å². The monoisotopic (exact) mass is 107 g/mol. The summed E-state index contributed by atoms with van der Waals surface area (Å²) in [6, 6.07) is 0. The fourth-order valence-corrected chi connectivity index (χ4v) is 0.494. The van der Waals surface area contributed by atoms with Crippen molar-refractivity contribution in [1.29, 1.82) is 0 Å². The van der Waals surface area contributed by atoms with Crippen molar-refractivity contribution in [1.82, 2.24) is 0 Å². The Balaban J connectivity index is 2.80. The molecule has 1 aliphatic heterocycles. The molecule has 1 heterocycles. The highest BCUT2D eigenvalue weighted by Crippen LogP contribution is 1.99. The standard InChI is InChI=1S/C6H5NO/c8-5-6-2-1-3-7-4-6/h1,3-4H,2H2. The third-order valence-corrected chi connectivity index (χ3v) is 0.891. The minimum atomic E-state index is 0.618. The van der Waals surface area contributed by atoms with E-state index in [0.717, 1.165) is 0 Å². The number of rotatable bonds is 0. The van der Waals surface area contributed by atoms with E-state index in [2.05, 4.69) is 4.99 Å². The Bertz CT molecular complexity index is 185. The van der Waals surface area contributed by atoms with Crippen molar-refractivity contribution in [3.63, 3.8) is 0 Å². The first-order valence-electron chi connectivity index (χ1n) is 2.35. The smallest absolute Gasteiger partial charge is 0.129 e. The molecule has 2 heteroatoms. The Morgan fingerprint density at radius 3 is 3.00 bits per heavy atom. The molecule has 0 saturated heterocycles. The SMILES string of the molecule is O=C=C1C=NC=CC1. The molecule has 0 aliphatic carbocycles. The summed E-state index contributed by atoms with van der Waals surface area (Å²) >= 11 is 0. The van der Waals surface area contributed by atoms with Crippen molar-refractivity contribution in [2.75, 3.05) is 0 Å². The summed E-state index contributed by atoms with van der Waals surface area (Å²) in [4.78, 5) is 13.6. The minimum absolute atomic E-state index is 0.618. The van der Waals surface area contributed by atoms with Crippen molar-refractivity contribution in [2.45, 2.75) is 6.42 Å². The van der Waals surface area contributed by atoms with Gasteiger partial charge in [-0.15, -0.1) is 0 Å². The van der Waals surface area contributed by atoms with E-state index in [1.54, 1.807) is 12.1 Å². The van der Waals surface area contributed by atoms with Gasteiger partial charge in [-0.1, -0.05) is 6.08 Å². The zero-order valence-corrected chi connectivity index (χ0v) is 4.29. The van der Waals surface area contributed by atoms with Gasteiger partial charge in [-0.05, 0) is 0 Å². The van der Waals surface area contributed by atoms with Gasteiger partial charge in [0.15, 0.2) is 0 Å². The van der Waals surface area contributed by atoms with Crippen molar-refractivity contribution in [3.8, 4) is 0 Å². The molecule has 40 valence electrons. The number of aliphatic imine (C=N–C) groups is 1.